The van der Waals surface area contributed by atoms with E-state index in [9.17, 15) is 0 Å². The van der Waals surface area contributed by atoms with Crippen molar-refractivity contribution in [2.75, 3.05) is 11.1 Å². The molecule has 0 aliphatic rings. The van der Waals surface area contributed by atoms with Gasteiger partial charge in [0.25, 0.3) is 0 Å². The van der Waals surface area contributed by atoms with Gasteiger partial charge in [-0.3, -0.25) is 0 Å². The normalized spacial score (nSPS) is 10.7. The van der Waals surface area contributed by atoms with E-state index >= 15 is 0 Å². The number of nitrogen functional groups attached to an aromatic ring is 1. The summed E-state index contributed by atoms with van der Waals surface area (Å²) in [5.74, 6) is 0.845. The van der Waals surface area contributed by atoms with Crippen LogP contribution < -0.4 is 11.1 Å². The first-order valence-electron chi connectivity index (χ1n) is 6.35. The second-order valence-corrected chi connectivity index (χ2v) is 5.07. The van der Waals surface area contributed by atoms with Crippen LogP contribution in [0.15, 0.2) is 54.6 Å². The maximum absolute atomic E-state index is 5.86. The minimum atomic E-state index is 0.713. The number of benzene rings is 2. The van der Waals surface area contributed by atoms with Gasteiger partial charge >= 0.3 is 0 Å². The highest BCUT2D eigenvalue weighted by molar-refractivity contribution is 6.30. The van der Waals surface area contributed by atoms with E-state index in [1.165, 1.54) is 0 Å². The van der Waals surface area contributed by atoms with Gasteiger partial charge in [0.05, 0.1) is 5.52 Å². The number of anilines is 2. The van der Waals surface area contributed by atoms with E-state index in [-0.39, 0.29) is 0 Å². The summed E-state index contributed by atoms with van der Waals surface area (Å²) in [6.45, 7) is 0.713. The number of nitrogens with zero attached hydrogens (tertiary/aromatic N) is 1. The number of aromatic nitrogens is 1. The Morgan fingerprint density at radius 1 is 1.00 bits per heavy atom. The predicted octanol–water partition coefficient (Wildman–Crippen LogP) is 4.08. The third-order valence-corrected chi connectivity index (χ3v) is 3.35. The Morgan fingerprint density at radius 2 is 1.80 bits per heavy atom. The maximum atomic E-state index is 5.86. The van der Waals surface area contributed by atoms with Crippen molar-refractivity contribution in [3.05, 3.63) is 65.2 Å². The third-order valence-electron chi connectivity index (χ3n) is 3.10. The van der Waals surface area contributed by atoms with E-state index in [1.807, 2.05) is 54.6 Å². The van der Waals surface area contributed by atoms with Gasteiger partial charge in [-0.25, -0.2) is 4.98 Å². The molecule has 0 bridgehead atoms. The number of nitrogens with one attached hydrogen (secondary N) is 1. The third kappa shape index (κ3) is 2.83. The molecule has 2 aromatic carbocycles. The Morgan fingerprint density at radius 3 is 2.60 bits per heavy atom. The van der Waals surface area contributed by atoms with Crippen LogP contribution in [0.25, 0.3) is 10.9 Å². The van der Waals surface area contributed by atoms with Crippen LogP contribution in [0.4, 0.5) is 11.5 Å². The fourth-order valence-electron chi connectivity index (χ4n) is 2.04. The van der Waals surface area contributed by atoms with Gasteiger partial charge in [-0.1, -0.05) is 23.7 Å². The molecular formula is C16H14ClN3. The molecule has 0 radical (unpaired) electrons. The second kappa shape index (κ2) is 5.39. The quantitative estimate of drug-likeness (QED) is 0.712. The van der Waals surface area contributed by atoms with E-state index in [2.05, 4.69) is 10.3 Å². The number of hydrogen-bond acceptors (Lipinski definition) is 3. The average molecular weight is 284 g/mol. The smallest absolute Gasteiger partial charge is 0.126 e. The Bertz CT molecular complexity index is 738. The molecule has 0 amide bonds. The highest BCUT2D eigenvalue weighted by Crippen LogP contribution is 2.18. The molecule has 0 spiro atoms. The number of fused-ring (bicyclic) bond motifs is 1. The fraction of sp³-hybridized carbons (Fsp3) is 0.0625. The number of rotatable bonds is 3. The van der Waals surface area contributed by atoms with Crippen molar-refractivity contribution in [3.63, 3.8) is 0 Å². The summed E-state index contributed by atoms with van der Waals surface area (Å²) in [6.07, 6.45) is 0. The summed E-state index contributed by atoms with van der Waals surface area (Å²) >= 11 is 5.86. The van der Waals surface area contributed by atoms with Gasteiger partial charge in [0.1, 0.15) is 5.82 Å². The first kappa shape index (κ1) is 12.8. The molecule has 1 aromatic heterocycles. The highest BCUT2D eigenvalue weighted by Gasteiger charge is 1.99. The van der Waals surface area contributed by atoms with Crippen LogP contribution in [0.1, 0.15) is 5.56 Å². The minimum Gasteiger partial charge on any atom is -0.399 e. The molecule has 3 N–H and O–H groups in total. The molecule has 20 heavy (non-hydrogen) atoms. The average Bonchev–Trinajstić information content (AvgIpc) is 2.46. The lowest BCUT2D eigenvalue weighted by Crippen LogP contribution is -2.01. The van der Waals surface area contributed by atoms with Crippen molar-refractivity contribution in [2.24, 2.45) is 0 Å². The second-order valence-electron chi connectivity index (χ2n) is 4.63. The van der Waals surface area contributed by atoms with Gasteiger partial charge in [0.2, 0.25) is 0 Å². The molecule has 3 rings (SSSR count). The number of pyridine rings is 1. The molecule has 100 valence electrons. The van der Waals surface area contributed by atoms with Crippen LogP contribution in [0.2, 0.25) is 5.02 Å². The van der Waals surface area contributed by atoms with Gasteiger partial charge in [-0.2, -0.15) is 0 Å². The molecule has 1 heterocycles. The summed E-state index contributed by atoms with van der Waals surface area (Å²) < 4.78 is 0. The lowest BCUT2D eigenvalue weighted by molar-refractivity contribution is 1.12. The number of hydrogen-bond donors (Lipinski definition) is 2. The van der Waals surface area contributed by atoms with Gasteiger partial charge in [0.15, 0.2) is 0 Å². The first-order valence-corrected chi connectivity index (χ1v) is 6.73. The zero-order chi connectivity index (χ0) is 13.9. The van der Waals surface area contributed by atoms with E-state index in [0.29, 0.717) is 6.54 Å². The largest absolute Gasteiger partial charge is 0.399 e. The highest BCUT2D eigenvalue weighted by atomic mass is 35.5. The van der Waals surface area contributed by atoms with Crippen LogP contribution in [0.5, 0.6) is 0 Å². The van der Waals surface area contributed by atoms with E-state index in [4.69, 9.17) is 17.3 Å². The molecule has 0 saturated heterocycles. The maximum Gasteiger partial charge on any atom is 0.126 e. The molecule has 0 saturated carbocycles. The summed E-state index contributed by atoms with van der Waals surface area (Å²) in [5, 5.41) is 5.09. The molecule has 3 aromatic rings. The van der Waals surface area contributed by atoms with Crippen LogP contribution >= 0.6 is 11.6 Å². The van der Waals surface area contributed by atoms with E-state index in [0.717, 1.165) is 33.0 Å². The summed E-state index contributed by atoms with van der Waals surface area (Å²) in [7, 11) is 0. The lowest BCUT2D eigenvalue weighted by Gasteiger charge is -2.07. The zero-order valence-corrected chi connectivity index (χ0v) is 11.6. The number of nitrogens with two attached hydrogens (primary N) is 1. The molecular weight excluding hydrogens is 270 g/mol. The van der Waals surface area contributed by atoms with Crippen molar-refractivity contribution in [1.82, 2.24) is 4.98 Å². The van der Waals surface area contributed by atoms with Gasteiger partial charge in [0, 0.05) is 22.6 Å². The Hall–Kier alpha value is -2.26. The summed E-state index contributed by atoms with van der Waals surface area (Å²) in [5.41, 5.74) is 8.60. The molecule has 0 aliphatic heterocycles. The summed E-state index contributed by atoms with van der Waals surface area (Å²) in [4.78, 5) is 4.56. The van der Waals surface area contributed by atoms with Crippen LogP contribution in [0.3, 0.4) is 0 Å². The molecule has 0 aliphatic carbocycles. The van der Waals surface area contributed by atoms with E-state index in [1.54, 1.807) is 0 Å². The van der Waals surface area contributed by atoms with Crippen LogP contribution in [0, 0.1) is 0 Å². The van der Waals surface area contributed by atoms with Crippen molar-refractivity contribution < 1.29 is 0 Å². The van der Waals surface area contributed by atoms with Crippen molar-refractivity contribution in [3.8, 4) is 0 Å². The topological polar surface area (TPSA) is 50.9 Å². The molecule has 4 heteroatoms. The van der Waals surface area contributed by atoms with Gasteiger partial charge in [-0.05, 0) is 48.0 Å². The minimum absolute atomic E-state index is 0.713. The van der Waals surface area contributed by atoms with Gasteiger partial charge < -0.3 is 11.1 Å². The first-order chi connectivity index (χ1) is 9.70. The lowest BCUT2D eigenvalue weighted by atomic mass is 10.2. The van der Waals surface area contributed by atoms with Crippen molar-refractivity contribution >= 4 is 34.0 Å². The molecule has 0 unspecified atom stereocenters. The van der Waals surface area contributed by atoms with Gasteiger partial charge in [-0.15, -0.1) is 0 Å². The predicted molar refractivity (Wildman–Crippen MR) is 84.9 cm³/mol. The van der Waals surface area contributed by atoms with Crippen molar-refractivity contribution in [1.29, 1.82) is 0 Å². The zero-order valence-electron chi connectivity index (χ0n) is 10.8. The SMILES string of the molecule is Nc1ccc2nc(NCc3ccc(Cl)cc3)ccc2c1. The van der Waals surface area contributed by atoms with Crippen LogP contribution in [-0.4, -0.2) is 4.98 Å². The molecule has 3 nitrogen and oxygen atoms in total. The molecule has 0 fully saturated rings. The fourth-order valence-corrected chi connectivity index (χ4v) is 2.16. The molecule has 0 atom stereocenters. The monoisotopic (exact) mass is 283 g/mol. The standard InChI is InChI=1S/C16H14ClN3/c17-13-4-1-11(2-5-13)10-19-16-8-3-12-9-14(18)6-7-15(12)20-16/h1-9H,10,18H2,(H,19,20). The van der Waals surface area contributed by atoms with E-state index < -0.39 is 0 Å². The van der Waals surface area contributed by atoms with Crippen molar-refractivity contribution in [2.45, 2.75) is 6.54 Å². The Kier molecular flexibility index (Phi) is 3.44. The number of halogens is 1. The Labute approximate surface area is 122 Å². The Balaban J connectivity index is 1.77. The van der Waals surface area contributed by atoms with Crippen LogP contribution in [-0.2, 0) is 6.54 Å². The summed E-state index contributed by atoms with van der Waals surface area (Å²) in [6, 6.07) is 17.4.